The number of nitrogens with one attached hydrogen (secondary N) is 1. The molecule has 0 bridgehead atoms. The molecule has 2 aliphatic heterocycles. The smallest absolute Gasteiger partial charge is 0.223 e. The number of hydrogen-bond donors (Lipinski definition) is 1. The first-order valence-electron chi connectivity index (χ1n) is 8.84. The first-order chi connectivity index (χ1) is 11.3. The number of aromatic nitrogens is 1. The van der Waals surface area contributed by atoms with Crippen molar-refractivity contribution in [3.63, 3.8) is 0 Å². The van der Waals surface area contributed by atoms with Gasteiger partial charge in [-0.05, 0) is 43.7 Å². The number of ether oxygens (including phenoxy) is 1. The monoisotopic (exact) mass is 315 g/mol. The maximum atomic E-state index is 12.6. The van der Waals surface area contributed by atoms with E-state index in [0.717, 1.165) is 45.1 Å². The second-order valence-electron chi connectivity index (χ2n) is 7.11. The zero-order valence-corrected chi connectivity index (χ0v) is 13.5. The predicted molar refractivity (Wildman–Crippen MR) is 88.1 cm³/mol. The van der Waals surface area contributed by atoms with Crippen molar-refractivity contribution in [1.29, 1.82) is 0 Å². The first kappa shape index (κ1) is 14.9. The predicted octanol–water partition coefficient (Wildman–Crippen LogP) is 1.84. The van der Waals surface area contributed by atoms with E-state index < -0.39 is 0 Å². The van der Waals surface area contributed by atoms with Crippen LogP contribution in [0.25, 0.3) is 0 Å². The van der Waals surface area contributed by atoms with E-state index >= 15 is 0 Å². The molecule has 5 nitrogen and oxygen atoms in total. The lowest BCUT2D eigenvalue weighted by molar-refractivity contribution is -0.128. The maximum Gasteiger partial charge on any atom is 0.223 e. The van der Waals surface area contributed by atoms with Crippen LogP contribution in [0, 0.1) is 17.8 Å². The van der Waals surface area contributed by atoms with E-state index in [1.807, 2.05) is 12.4 Å². The van der Waals surface area contributed by atoms with Crippen LogP contribution in [0.1, 0.15) is 25.7 Å². The second-order valence-corrected chi connectivity index (χ2v) is 7.11. The van der Waals surface area contributed by atoms with Crippen LogP contribution < -0.4 is 10.2 Å². The summed E-state index contributed by atoms with van der Waals surface area (Å²) in [5.41, 5.74) is 1.22. The number of pyridine rings is 1. The van der Waals surface area contributed by atoms with Crippen LogP contribution in [0.4, 0.5) is 5.69 Å². The van der Waals surface area contributed by atoms with E-state index in [-0.39, 0.29) is 17.9 Å². The molecule has 5 heteroatoms. The SMILES string of the molecule is O=C(N[C@H]1CN(c2ccncc2)C[C@@H]1C1CC1)C1CCOCC1. The van der Waals surface area contributed by atoms with Crippen molar-refractivity contribution in [2.75, 3.05) is 31.2 Å². The van der Waals surface area contributed by atoms with Crippen LogP contribution in [-0.4, -0.2) is 43.2 Å². The van der Waals surface area contributed by atoms with Crippen molar-refractivity contribution < 1.29 is 9.53 Å². The van der Waals surface area contributed by atoms with E-state index in [2.05, 4.69) is 27.3 Å². The molecular weight excluding hydrogens is 290 g/mol. The zero-order valence-electron chi connectivity index (χ0n) is 13.5. The van der Waals surface area contributed by atoms with Gasteiger partial charge in [-0.2, -0.15) is 0 Å². The normalized spacial score (nSPS) is 28.8. The highest BCUT2D eigenvalue weighted by Crippen LogP contribution is 2.42. The number of amides is 1. The Morgan fingerprint density at radius 1 is 1.13 bits per heavy atom. The molecule has 0 aromatic carbocycles. The van der Waals surface area contributed by atoms with Crippen molar-refractivity contribution in [3.05, 3.63) is 24.5 Å². The molecule has 3 heterocycles. The summed E-state index contributed by atoms with van der Waals surface area (Å²) in [6.07, 6.45) is 8.04. The number of carbonyl (C=O) groups is 1. The number of carbonyl (C=O) groups excluding carboxylic acids is 1. The quantitative estimate of drug-likeness (QED) is 0.921. The number of anilines is 1. The van der Waals surface area contributed by atoms with Crippen LogP contribution >= 0.6 is 0 Å². The maximum absolute atomic E-state index is 12.6. The molecule has 1 amide bonds. The van der Waals surface area contributed by atoms with Gasteiger partial charge in [0, 0.05) is 56.2 Å². The summed E-state index contributed by atoms with van der Waals surface area (Å²) >= 11 is 0. The molecule has 1 aromatic rings. The summed E-state index contributed by atoms with van der Waals surface area (Å²) < 4.78 is 5.37. The summed E-state index contributed by atoms with van der Waals surface area (Å²) in [4.78, 5) is 19.1. The molecule has 3 fully saturated rings. The van der Waals surface area contributed by atoms with Gasteiger partial charge in [0.15, 0.2) is 0 Å². The summed E-state index contributed by atoms with van der Waals surface area (Å²) in [7, 11) is 0. The minimum atomic E-state index is 0.138. The molecule has 1 N–H and O–H groups in total. The molecule has 1 aliphatic carbocycles. The van der Waals surface area contributed by atoms with Crippen molar-refractivity contribution in [3.8, 4) is 0 Å². The lowest BCUT2D eigenvalue weighted by Gasteiger charge is -2.25. The van der Waals surface area contributed by atoms with Crippen molar-refractivity contribution >= 4 is 11.6 Å². The third kappa shape index (κ3) is 3.34. The van der Waals surface area contributed by atoms with Gasteiger partial charge in [0.25, 0.3) is 0 Å². The van der Waals surface area contributed by atoms with Crippen LogP contribution in [0.2, 0.25) is 0 Å². The fraction of sp³-hybridized carbons (Fsp3) is 0.667. The molecule has 124 valence electrons. The van der Waals surface area contributed by atoms with E-state index in [4.69, 9.17) is 4.74 Å². The lowest BCUT2D eigenvalue weighted by Crippen LogP contribution is -2.45. The van der Waals surface area contributed by atoms with Crippen LogP contribution in [0.3, 0.4) is 0 Å². The summed E-state index contributed by atoms with van der Waals surface area (Å²) in [6.45, 7) is 3.41. The molecule has 23 heavy (non-hydrogen) atoms. The van der Waals surface area contributed by atoms with E-state index in [1.54, 1.807) is 0 Å². The van der Waals surface area contributed by atoms with E-state index in [0.29, 0.717) is 5.92 Å². The molecule has 2 saturated heterocycles. The van der Waals surface area contributed by atoms with Gasteiger partial charge >= 0.3 is 0 Å². The molecule has 3 aliphatic rings. The Hall–Kier alpha value is -1.62. The van der Waals surface area contributed by atoms with Crippen LogP contribution in [0.5, 0.6) is 0 Å². The Kier molecular flexibility index (Phi) is 4.21. The van der Waals surface area contributed by atoms with Gasteiger partial charge in [-0.3, -0.25) is 9.78 Å². The molecule has 0 spiro atoms. The lowest BCUT2D eigenvalue weighted by atomic mass is 9.95. The average Bonchev–Trinajstić information content (AvgIpc) is 3.37. The van der Waals surface area contributed by atoms with Crippen LogP contribution in [0.15, 0.2) is 24.5 Å². The van der Waals surface area contributed by atoms with Gasteiger partial charge < -0.3 is 15.0 Å². The van der Waals surface area contributed by atoms with Crippen molar-refractivity contribution in [2.24, 2.45) is 17.8 Å². The highest BCUT2D eigenvalue weighted by molar-refractivity contribution is 5.79. The fourth-order valence-corrected chi connectivity index (χ4v) is 4.01. The zero-order chi connectivity index (χ0) is 15.6. The summed E-state index contributed by atoms with van der Waals surface area (Å²) in [5, 5.41) is 3.37. The third-order valence-electron chi connectivity index (χ3n) is 5.54. The fourth-order valence-electron chi connectivity index (χ4n) is 4.01. The molecule has 0 radical (unpaired) electrons. The van der Waals surface area contributed by atoms with Crippen molar-refractivity contribution in [1.82, 2.24) is 10.3 Å². The van der Waals surface area contributed by atoms with Gasteiger partial charge in [0.2, 0.25) is 5.91 Å². The Bertz CT molecular complexity index is 540. The number of nitrogens with zero attached hydrogens (tertiary/aromatic N) is 2. The molecule has 0 unspecified atom stereocenters. The topological polar surface area (TPSA) is 54.5 Å². The molecule has 1 aromatic heterocycles. The summed E-state index contributed by atoms with van der Waals surface area (Å²) in [5.74, 6) is 1.76. The molecule has 4 rings (SSSR count). The largest absolute Gasteiger partial charge is 0.381 e. The van der Waals surface area contributed by atoms with Gasteiger partial charge in [-0.15, -0.1) is 0 Å². The second kappa shape index (κ2) is 6.48. The Morgan fingerprint density at radius 2 is 1.87 bits per heavy atom. The minimum absolute atomic E-state index is 0.138. The van der Waals surface area contributed by atoms with Crippen LogP contribution in [-0.2, 0) is 9.53 Å². The standard InChI is InChI=1S/C18H25N3O2/c22-18(14-5-9-23-10-6-14)20-17-12-21(11-16(17)13-1-2-13)15-3-7-19-8-4-15/h3-4,7-8,13-14,16-17H,1-2,5-6,9-12H2,(H,20,22)/t16-,17+/m1/s1. The average molecular weight is 315 g/mol. The first-order valence-corrected chi connectivity index (χ1v) is 8.84. The van der Waals surface area contributed by atoms with Gasteiger partial charge in [-0.1, -0.05) is 0 Å². The van der Waals surface area contributed by atoms with Gasteiger partial charge in [-0.25, -0.2) is 0 Å². The Balaban J connectivity index is 1.42. The minimum Gasteiger partial charge on any atom is -0.381 e. The van der Waals surface area contributed by atoms with Gasteiger partial charge in [0.1, 0.15) is 0 Å². The molecule has 2 atom stereocenters. The highest BCUT2D eigenvalue weighted by atomic mass is 16.5. The summed E-state index contributed by atoms with van der Waals surface area (Å²) in [6, 6.07) is 4.41. The molecule has 1 saturated carbocycles. The van der Waals surface area contributed by atoms with Crippen molar-refractivity contribution in [2.45, 2.75) is 31.7 Å². The number of hydrogen-bond acceptors (Lipinski definition) is 4. The highest BCUT2D eigenvalue weighted by Gasteiger charge is 2.43. The third-order valence-corrected chi connectivity index (χ3v) is 5.54. The van der Waals surface area contributed by atoms with Gasteiger partial charge in [0.05, 0.1) is 6.04 Å². The number of rotatable bonds is 4. The molecular formula is C18H25N3O2. The Morgan fingerprint density at radius 3 is 2.57 bits per heavy atom. The van der Waals surface area contributed by atoms with E-state index in [9.17, 15) is 4.79 Å². The van der Waals surface area contributed by atoms with E-state index in [1.165, 1.54) is 18.5 Å². The Labute approximate surface area is 137 Å².